The van der Waals surface area contributed by atoms with Crippen LogP contribution in [0.4, 0.5) is 5.82 Å². The Morgan fingerprint density at radius 1 is 1.35 bits per heavy atom. The molecule has 0 radical (unpaired) electrons. The van der Waals surface area contributed by atoms with Gasteiger partial charge in [-0.15, -0.1) is 10.2 Å². The lowest BCUT2D eigenvalue weighted by Gasteiger charge is -2.21. The Labute approximate surface area is 134 Å². The van der Waals surface area contributed by atoms with Crippen LogP contribution in [0, 0.1) is 6.92 Å². The number of fused-ring (bicyclic) bond motifs is 1. The van der Waals surface area contributed by atoms with Crippen LogP contribution in [-0.2, 0) is 17.8 Å². The van der Waals surface area contributed by atoms with Crippen LogP contribution in [0.2, 0.25) is 0 Å². The molecular weight excluding hydrogens is 296 g/mol. The highest BCUT2D eigenvalue weighted by Crippen LogP contribution is 2.19. The number of nitrogens with one attached hydrogen (secondary N) is 2. The fraction of sp³-hybridized carbons (Fsp3) is 0.600. The molecule has 0 saturated heterocycles. The number of aryl methyl sites for hydroxylation is 2. The number of hydrogen-bond donors (Lipinski definition) is 2. The summed E-state index contributed by atoms with van der Waals surface area (Å²) in [6.45, 7) is 6.53. The highest BCUT2D eigenvalue weighted by Gasteiger charge is 2.23. The monoisotopic (exact) mass is 318 g/mol. The van der Waals surface area contributed by atoms with E-state index in [0.717, 1.165) is 37.5 Å². The summed E-state index contributed by atoms with van der Waals surface area (Å²) in [7, 11) is 0. The Bertz CT molecular complexity index is 692. The van der Waals surface area contributed by atoms with Crippen molar-refractivity contribution in [2.75, 3.05) is 5.32 Å². The average Bonchev–Trinajstić information content (AvgIpc) is 3.13. The number of aromatic nitrogens is 4. The van der Waals surface area contributed by atoms with Gasteiger partial charge in [-0.3, -0.25) is 10.1 Å². The molecule has 3 rings (SSSR count). The van der Waals surface area contributed by atoms with E-state index in [4.69, 9.17) is 4.52 Å². The smallest absolute Gasteiger partial charge is 0.242 e. The van der Waals surface area contributed by atoms with Crippen molar-refractivity contribution < 1.29 is 9.32 Å². The summed E-state index contributed by atoms with van der Waals surface area (Å²) in [5.74, 6) is 2.84. The van der Waals surface area contributed by atoms with Crippen LogP contribution in [-0.4, -0.2) is 31.9 Å². The number of rotatable bonds is 5. The van der Waals surface area contributed by atoms with Gasteiger partial charge in [0.15, 0.2) is 5.82 Å². The Morgan fingerprint density at radius 2 is 2.17 bits per heavy atom. The fourth-order valence-corrected chi connectivity index (χ4v) is 2.84. The van der Waals surface area contributed by atoms with Crippen molar-refractivity contribution >= 4 is 11.7 Å². The zero-order valence-corrected chi connectivity index (χ0v) is 13.7. The van der Waals surface area contributed by atoms with E-state index in [9.17, 15) is 4.79 Å². The first-order chi connectivity index (χ1) is 11.0. The highest BCUT2D eigenvalue weighted by molar-refractivity contribution is 5.93. The Kier molecular flexibility index (Phi) is 4.42. The molecule has 0 aliphatic carbocycles. The predicted molar refractivity (Wildman–Crippen MR) is 83.8 cm³/mol. The molecule has 0 spiro atoms. The van der Waals surface area contributed by atoms with Gasteiger partial charge in [0.2, 0.25) is 5.91 Å². The van der Waals surface area contributed by atoms with Crippen molar-refractivity contribution in [2.45, 2.75) is 58.7 Å². The molecule has 3 heterocycles. The number of carbonyl (C=O) groups is 1. The molecule has 2 aromatic rings. The van der Waals surface area contributed by atoms with E-state index in [1.807, 2.05) is 13.8 Å². The first kappa shape index (κ1) is 15.7. The zero-order valence-electron chi connectivity index (χ0n) is 13.7. The van der Waals surface area contributed by atoms with E-state index in [2.05, 4.69) is 30.6 Å². The topological polar surface area (TPSA) is 97.9 Å². The normalized spacial score (nSPS) is 16.7. The molecule has 8 nitrogen and oxygen atoms in total. The van der Waals surface area contributed by atoms with Crippen LogP contribution in [0.25, 0.3) is 0 Å². The Morgan fingerprint density at radius 3 is 2.91 bits per heavy atom. The Hall–Kier alpha value is -2.22. The second-order valence-electron chi connectivity index (χ2n) is 6.01. The van der Waals surface area contributed by atoms with Crippen molar-refractivity contribution in [2.24, 2.45) is 0 Å². The van der Waals surface area contributed by atoms with Crippen LogP contribution in [0.5, 0.6) is 0 Å². The molecule has 0 saturated carbocycles. The van der Waals surface area contributed by atoms with Gasteiger partial charge in [-0.2, -0.15) is 0 Å². The lowest BCUT2D eigenvalue weighted by molar-refractivity contribution is -0.118. The number of amides is 1. The summed E-state index contributed by atoms with van der Waals surface area (Å²) in [6, 6.07) is 1.23. The minimum atomic E-state index is -0.390. The van der Waals surface area contributed by atoms with E-state index < -0.39 is 6.04 Å². The minimum Gasteiger partial charge on any atom is -0.360 e. The van der Waals surface area contributed by atoms with Crippen LogP contribution < -0.4 is 10.6 Å². The molecule has 23 heavy (non-hydrogen) atoms. The summed E-state index contributed by atoms with van der Waals surface area (Å²) in [5.41, 5.74) is 0. The van der Waals surface area contributed by atoms with Gasteiger partial charge in [0.1, 0.15) is 17.4 Å². The highest BCUT2D eigenvalue weighted by atomic mass is 16.5. The van der Waals surface area contributed by atoms with Gasteiger partial charge >= 0.3 is 0 Å². The molecule has 0 aromatic carbocycles. The quantitative estimate of drug-likeness (QED) is 0.869. The maximum Gasteiger partial charge on any atom is 0.242 e. The third-order valence-corrected chi connectivity index (χ3v) is 4.05. The van der Waals surface area contributed by atoms with E-state index in [1.54, 1.807) is 13.0 Å². The number of nitrogens with zero attached hydrogens (tertiary/aromatic N) is 4. The van der Waals surface area contributed by atoms with Gasteiger partial charge in [-0.05, 0) is 33.6 Å². The molecular formula is C15H22N6O2. The predicted octanol–water partition coefficient (Wildman–Crippen LogP) is 1.59. The first-order valence-corrected chi connectivity index (χ1v) is 7.97. The standard InChI is InChI=1S/C15H22N6O2/c1-9-8-12(20-23-9)17-15(22)11(3)16-10(2)14-19-18-13-6-4-5-7-21(13)14/h8,10-11,16H,4-7H2,1-3H3,(H,17,20,22)/t10-,11+/m1/s1. The largest absolute Gasteiger partial charge is 0.360 e. The molecule has 0 bridgehead atoms. The molecule has 2 atom stereocenters. The van der Waals surface area contributed by atoms with E-state index >= 15 is 0 Å². The molecule has 0 fully saturated rings. The zero-order chi connectivity index (χ0) is 16.4. The van der Waals surface area contributed by atoms with Gasteiger partial charge < -0.3 is 14.4 Å². The fourth-order valence-electron chi connectivity index (χ4n) is 2.84. The number of anilines is 1. The number of carbonyl (C=O) groups excluding carboxylic acids is 1. The molecule has 1 aliphatic rings. The van der Waals surface area contributed by atoms with Crippen molar-refractivity contribution in [3.63, 3.8) is 0 Å². The van der Waals surface area contributed by atoms with Gasteiger partial charge in [0, 0.05) is 19.0 Å². The van der Waals surface area contributed by atoms with Crippen LogP contribution >= 0.6 is 0 Å². The number of hydrogen-bond acceptors (Lipinski definition) is 6. The molecule has 2 N–H and O–H groups in total. The van der Waals surface area contributed by atoms with Crippen LogP contribution in [0.15, 0.2) is 10.6 Å². The summed E-state index contributed by atoms with van der Waals surface area (Å²) in [4.78, 5) is 12.2. The third-order valence-electron chi connectivity index (χ3n) is 4.05. The second kappa shape index (κ2) is 6.49. The van der Waals surface area contributed by atoms with Crippen molar-refractivity contribution in [1.29, 1.82) is 0 Å². The van der Waals surface area contributed by atoms with Crippen molar-refractivity contribution in [3.8, 4) is 0 Å². The first-order valence-electron chi connectivity index (χ1n) is 7.97. The third kappa shape index (κ3) is 3.42. The summed E-state index contributed by atoms with van der Waals surface area (Å²) in [6.07, 6.45) is 3.28. The average molecular weight is 318 g/mol. The molecule has 8 heteroatoms. The SMILES string of the molecule is Cc1cc(NC(=O)[C@H](C)N[C@H](C)c2nnc3n2CCCC3)no1. The lowest BCUT2D eigenvalue weighted by Crippen LogP contribution is -2.40. The molecule has 1 amide bonds. The molecule has 2 aromatic heterocycles. The van der Waals surface area contributed by atoms with Crippen LogP contribution in [0.3, 0.4) is 0 Å². The lowest BCUT2D eigenvalue weighted by atomic mass is 10.1. The maximum atomic E-state index is 12.2. The van der Waals surface area contributed by atoms with Crippen molar-refractivity contribution in [1.82, 2.24) is 25.2 Å². The molecule has 1 aliphatic heterocycles. The molecule has 0 unspecified atom stereocenters. The van der Waals surface area contributed by atoms with Gasteiger partial charge in [0.25, 0.3) is 0 Å². The maximum absolute atomic E-state index is 12.2. The minimum absolute atomic E-state index is 0.0610. The van der Waals surface area contributed by atoms with Gasteiger partial charge in [-0.1, -0.05) is 5.16 Å². The molecule has 124 valence electrons. The van der Waals surface area contributed by atoms with Gasteiger partial charge in [-0.25, -0.2) is 0 Å². The van der Waals surface area contributed by atoms with Gasteiger partial charge in [0.05, 0.1) is 12.1 Å². The van der Waals surface area contributed by atoms with E-state index in [0.29, 0.717) is 11.6 Å². The summed E-state index contributed by atoms with van der Waals surface area (Å²) in [5, 5.41) is 18.3. The van der Waals surface area contributed by atoms with Crippen molar-refractivity contribution in [3.05, 3.63) is 23.5 Å². The van der Waals surface area contributed by atoms with E-state index in [-0.39, 0.29) is 11.9 Å². The summed E-state index contributed by atoms with van der Waals surface area (Å²) < 4.78 is 7.10. The summed E-state index contributed by atoms with van der Waals surface area (Å²) >= 11 is 0. The van der Waals surface area contributed by atoms with Crippen LogP contribution in [0.1, 0.15) is 50.1 Å². The Balaban J connectivity index is 1.61. The second-order valence-corrected chi connectivity index (χ2v) is 6.01. The van der Waals surface area contributed by atoms with E-state index in [1.165, 1.54) is 0 Å².